The summed E-state index contributed by atoms with van der Waals surface area (Å²) in [5.41, 5.74) is -8.71. The summed E-state index contributed by atoms with van der Waals surface area (Å²) in [4.78, 5) is 43.8. The lowest BCUT2D eigenvalue weighted by atomic mass is 9.91. The second-order valence-electron chi connectivity index (χ2n) is 3.82. The van der Waals surface area contributed by atoms with Gasteiger partial charge in [0.2, 0.25) is 0 Å². The van der Waals surface area contributed by atoms with E-state index in [1.807, 2.05) is 0 Å². The Morgan fingerprint density at radius 2 is 1.14 bits per heavy atom. The molecule has 0 aliphatic carbocycles. The molecule has 0 aliphatic heterocycles. The third-order valence-electron chi connectivity index (χ3n) is 2.50. The van der Waals surface area contributed by atoms with Crippen LogP contribution in [0.3, 0.4) is 0 Å². The lowest BCUT2D eigenvalue weighted by Crippen LogP contribution is -2.24. The normalized spacial score (nSPS) is 11.0. The summed E-state index contributed by atoms with van der Waals surface area (Å²) in [5, 5.41) is 35.3. The van der Waals surface area contributed by atoms with Gasteiger partial charge in [-0.3, -0.25) is 0 Å². The Hall–Kier alpha value is -3.11. The summed E-state index contributed by atoms with van der Waals surface area (Å²) < 4.78 is 38.5. The first-order chi connectivity index (χ1) is 9.89. The SMILES string of the molecule is O=C(O)c1cc(C(F)(F)F)c(C(=O)O)c(C(=O)O)c1C(=O)O. The summed E-state index contributed by atoms with van der Waals surface area (Å²) in [6, 6.07) is -0.221. The molecule has 22 heavy (non-hydrogen) atoms. The van der Waals surface area contributed by atoms with E-state index in [1.165, 1.54) is 0 Å². The van der Waals surface area contributed by atoms with E-state index in [0.29, 0.717) is 0 Å². The number of hydrogen-bond donors (Lipinski definition) is 4. The predicted molar refractivity (Wildman–Crippen MR) is 59.3 cm³/mol. The van der Waals surface area contributed by atoms with E-state index in [9.17, 15) is 32.3 Å². The lowest BCUT2D eigenvalue weighted by molar-refractivity contribution is -0.138. The molecule has 0 fully saturated rings. The maximum atomic E-state index is 12.8. The van der Waals surface area contributed by atoms with Crippen LogP contribution in [0, 0.1) is 0 Å². The summed E-state index contributed by atoms with van der Waals surface area (Å²) in [6.45, 7) is 0. The molecule has 0 heterocycles. The van der Waals surface area contributed by atoms with E-state index in [-0.39, 0.29) is 6.07 Å². The predicted octanol–water partition coefficient (Wildman–Crippen LogP) is 1.50. The highest BCUT2D eigenvalue weighted by atomic mass is 19.4. The van der Waals surface area contributed by atoms with E-state index in [0.717, 1.165) is 0 Å². The molecule has 0 saturated heterocycles. The minimum atomic E-state index is -5.40. The number of hydrogen-bond acceptors (Lipinski definition) is 4. The Morgan fingerprint density at radius 3 is 1.41 bits per heavy atom. The molecule has 4 N–H and O–H groups in total. The number of rotatable bonds is 4. The summed E-state index contributed by atoms with van der Waals surface area (Å²) >= 11 is 0. The number of halogens is 3. The molecule has 118 valence electrons. The zero-order valence-electron chi connectivity index (χ0n) is 10.1. The van der Waals surface area contributed by atoms with Crippen LogP contribution < -0.4 is 0 Å². The first-order valence-corrected chi connectivity index (χ1v) is 5.11. The smallest absolute Gasteiger partial charge is 0.417 e. The molecule has 0 radical (unpaired) electrons. The Bertz CT molecular complexity index is 704. The van der Waals surface area contributed by atoms with Gasteiger partial charge in [-0.15, -0.1) is 0 Å². The lowest BCUT2D eigenvalue weighted by Gasteiger charge is -2.16. The number of aromatic carboxylic acids is 4. The van der Waals surface area contributed by atoms with Crippen molar-refractivity contribution in [1.82, 2.24) is 0 Å². The molecule has 1 rings (SSSR count). The van der Waals surface area contributed by atoms with Crippen LogP contribution in [0.25, 0.3) is 0 Å². The largest absolute Gasteiger partial charge is 0.478 e. The maximum Gasteiger partial charge on any atom is 0.417 e. The van der Waals surface area contributed by atoms with E-state index in [1.54, 1.807) is 0 Å². The first-order valence-electron chi connectivity index (χ1n) is 5.11. The van der Waals surface area contributed by atoms with Crippen molar-refractivity contribution in [3.8, 4) is 0 Å². The molecule has 0 spiro atoms. The van der Waals surface area contributed by atoms with Crippen molar-refractivity contribution in [3.05, 3.63) is 33.9 Å². The van der Waals surface area contributed by atoms with Crippen molar-refractivity contribution in [2.24, 2.45) is 0 Å². The van der Waals surface area contributed by atoms with E-state index >= 15 is 0 Å². The Labute approximate surface area is 118 Å². The standard InChI is InChI=1S/C11H5F3O8/c12-11(13,14)3-1-2(7(15)16)4(8(17)18)6(10(21)22)5(3)9(19)20/h1H,(H,15,16)(H,17,18)(H,19,20)(H,21,22). The first kappa shape index (κ1) is 16.9. The van der Waals surface area contributed by atoms with Crippen LogP contribution in [0.5, 0.6) is 0 Å². The molecule has 0 saturated carbocycles. The fraction of sp³-hybridized carbons (Fsp3) is 0.0909. The van der Waals surface area contributed by atoms with Gasteiger partial charge in [-0.25, -0.2) is 19.2 Å². The number of carboxylic acids is 4. The average Bonchev–Trinajstić information content (AvgIpc) is 2.34. The van der Waals surface area contributed by atoms with Gasteiger partial charge < -0.3 is 20.4 Å². The minimum Gasteiger partial charge on any atom is -0.478 e. The molecule has 0 atom stereocenters. The van der Waals surface area contributed by atoms with Gasteiger partial charge in [0.25, 0.3) is 0 Å². The zero-order valence-corrected chi connectivity index (χ0v) is 10.1. The molecular weight excluding hydrogens is 317 g/mol. The van der Waals surface area contributed by atoms with Gasteiger partial charge in [0, 0.05) is 0 Å². The van der Waals surface area contributed by atoms with Crippen molar-refractivity contribution in [1.29, 1.82) is 0 Å². The van der Waals surface area contributed by atoms with Gasteiger partial charge in [-0.2, -0.15) is 13.2 Å². The summed E-state index contributed by atoms with van der Waals surface area (Å²) in [7, 11) is 0. The average molecular weight is 322 g/mol. The van der Waals surface area contributed by atoms with Crippen LogP contribution in [-0.4, -0.2) is 44.3 Å². The van der Waals surface area contributed by atoms with Gasteiger partial charge in [0.05, 0.1) is 27.8 Å². The fourth-order valence-electron chi connectivity index (χ4n) is 1.73. The highest BCUT2D eigenvalue weighted by molar-refractivity contribution is 6.14. The molecule has 1 aromatic carbocycles. The van der Waals surface area contributed by atoms with Crippen LogP contribution in [-0.2, 0) is 6.18 Å². The Kier molecular flexibility index (Phi) is 4.12. The number of carbonyl (C=O) groups is 4. The van der Waals surface area contributed by atoms with Gasteiger partial charge in [0.1, 0.15) is 0 Å². The third-order valence-corrected chi connectivity index (χ3v) is 2.50. The number of alkyl halides is 3. The van der Waals surface area contributed by atoms with Crippen molar-refractivity contribution < 1.29 is 52.8 Å². The zero-order chi connectivity index (χ0) is 17.4. The quantitative estimate of drug-likeness (QED) is 0.651. The molecule has 0 aliphatic rings. The monoisotopic (exact) mass is 322 g/mol. The molecular formula is C11H5F3O8. The fourth-order valence-corrected chi connectivity index (χ4v) is 1.73. The highest BCUT2D eigenvalue weighted by Crippen LogP contribution is 2.36. The molecule has 1 aromatic rings. The van der Waals surface area contributed by atoms with Crippen LogP contribution >= 0.6 is 0 Å². The molecule has 0 amide bonds. The highest BCUT2D eigenvalue weighted by Gasteiger charge is 2.42. The van der Waals surface area contributed by atoms with Gasteiger partial charge in [-0.05, 0) is 6.07 Å². The molecule has 0 bridgehead atoms. The van der Waals surface area contributed by atoms with Crippen molar-refractivity contribution in [2.75, 3.05) is 0 Å². The van der Waals surface area contributed by atoms with E-state index in [4.69, 9.17) is 20.4 Å². The second-order valence-corrected chi connectivity index (χ2v) is 3.82. The molecule has 8 nitrogen and oxygen atoms in total. The summed E-state index contributed by atoms with van der Waals surface area (Å²) in [6.07, 6.45) is -5.40. The molecule has 11 heteroatoms. The van der Waals surface area contributed by atoms with Crippen molar-refractivity contribution in [3.63, 3.8) is 0 Å². The summed E-state index contributed by atoms with van der Waals surface area (Å²) in [5.74, 6) is -9.01. The number of carboxylic acid groups (broad SMARTS) is 4. The van der Waals surface area contributed by atoms with Gasteiger partial charge in [0.15, 0.2) is 0 Å². The molecule has 0 unspecified atom stereocenters. The third kappa shape index (κ3) is 2.82. The topological polar surface area (TPSA) is 149 Å². The van der Waals surface area contributed by atoms with Crippen LogP contribution in [0.1, 0.15) is 47.0 Å². The van der Waals surface area contributed by atoms with Gasteiger partial charge in [-0.1, -0.05) is 0 Å². The number of benzene rings is 1. The maximum absolute atomic E-state index is 12.8. The van der Waals surface area contributed by atoms with Crippen LogP contribution in [0.15, 0.2) is 6.07 Å². The molecule has 0 aromatic heterocycles. The van der Waals surface area contributed by atoms with E-state index < -0.39 is 57.9 Å². The Balaban J connectivity index is 4.17. The Morgan fingerprint density at radius 1 is 0.727 bits per heavy atom. The van der Waals surface area contributed by atoms with E-state index in [2.05, 4.69) is 0 Å². The van der Waals surface area contributed by atoms with Crippen LogP contribution in [0.4, 0.5) is 13.2 Å². The van der Waals surface area contributed by atoms with Crippen LogP contribution in [0.2, 0.25) is 0 Å². The minimum absolute atomic E-state index is 0.221. The second kappa shape index (κ2) is 5.35. The van der Waals surface area contributed by atoms with Crippen molar-refractivity contribution >= 4 is 23.9 Å². The van der Waals surface area contributed by atoms with Gasteiger partial charge >= 0.3 is 30.1 Å². The van der Waals surface area contributed by atoms with Crippen molar-refractivity contribution in [2.45, 2.75) is 6.18 Å².